The first-order valence-electron chi connectivity index (χ1n) is 6.74. The van der Waals surface area contributed by atoms with Gasteiger partial charge in [-0.3, -0.25) is 9.59 Å². The van der Waals surface area contributed by atoms with Crippen LogP contribution in [-0.2, 0) is 19.1 Å². The van der Waals surface area contributed by atoms with E-state index in [-0.39, 0.29) is 23.8 Å². The lowest BCUT2D eigenvalue weighted by molar-refractivity contribution is -0.170. The lowest BCUT2D eigenvalue weighted by atomic mass is 9.79. The number of hydrogen-bond donors (Lipinski definition) is 0. The average Bonchev–Trinajstić information content (AvgIpc) is 2.27. The highest BCUT2D eigenvalue weighted by Gasteiger charge is 2.38. The van der Waals surface area contributed by atoms with Crippen LogP contribution in [0.15, 0.2) is 0 Å². The fourth-order valence-electron chi connectivity index (χ4n) is 2.32. The van der Waals surface area contributed by atoms with E-state index in [0.29, 0.717) is 6.61 Å². The first-order chi connectivity index (χ1) is 8.35. The molecule has 0 aliphatic heterocycles. The SMILES string of the molecule is CCOC(=O)C1CCCCC1C(=O)OC(C)(C)C. The third-order valence-corrected chi connectivity index (χ3v) is 3.06. The molecule has 18 heavy (non-hydrogen) atoms. The highest BCUT2D eigenvalue weighted by atomic mass is 16.6. The summed E-state index contributed by atoms with van der Waals surface area (Å²) in [6.45, 7) is 7.66. The summed E-state index contributed by atoms with van der Waals surface area (Å²) in [6.07, 6.45) is 3.39. The van der Waals surface area contributed by atoms with E-state index in [2.05, 4.69) is 0 Å². The maximum absolute atomic E-state index is 12.1. The molecule has 0 heterocycles. The molecule has 0 spiro atoms. The van der Waals surface area contributed by atoms with E-state index in [1.165, 1.54) is 0 Å². The van der Waals surface area contributed by atoms with Crippen molar-refractivity contribution in [2.24, 2.45) is 11.8 Å². The molecule has 0 radical (unpaired) electrons. The van der Waals surface area contributed by atoms with E-state index in [4.69, 9.17) is 9.47 Å². The second-order valence-electron chi connectivity index (χ2n) is 5.78. The van der Waals surface area contributed by atoms with Crippen LogP contribution in [-0.4, -0.2) is 24.1 Å². The van der Waals surface area contributed by atoms with Gasteiger partial charge in [0.05, 0.1) is 18.4 Å². The molecule has 0 aromatic rings. The third-order valence-electron chi connectivity index (χ3n) is 3.06. The number of rotatable bonds is 3. The van der Waals surface area contributed by atoms with Crippen molar-refractivity contribution in [2.45, 2.75) is 59.0 Å². The van der Waals surface area contributed by atoms with Crippen LogP contribution in [0.2, 0.25) is 0 Å². The van der Waals surface area contributed by atoms with Gasteiger partial charge in [-0.2, -0.15) is 0 Å². The maximum Gasteiger partial charge on any atom is 0.310 e. The fraction of sp³-hybridized carbons (Fsp3) is 0.857. The van der Waals surface area contributed by atoms with Crippen LogP contribution in [0.25, 0.3) is 0 Å². The van der Waals surface area contributed by atoms with Gasteiger partial charge in [-0.25, -0.2) is 0 Å². The highest BCUT2D eigenvalue weighted by molar-refractivity contribution is 5.82. The summed E-state index contributed by atoms with van der Waals surface area (Å²) in [5.74, 6) is -1.18. The molecule has 1 aliphatic rings. The largest absolute Gasteiger partial charge is 0.466 e. The molecule has 2 unspecified atom stereocenters. The summed E-state index contributed by atoms with van der Waals surface area (Å²) in [4.78, 5) is 24.0. The van der Waals surface area contributed by atoms with Crippen LogP contribution in [0, 0.1) is 11.8 Å². The highest BCUT2D eigenvalue weighted by Crippen LogP contribution is 2.33. The van der Waals surface area contributed by atoms with Gasteiger partial charge in [-0.15, -0.1) is 0 Å². The lowest BCUT2D eigenvalue weighted by Crippen LogP contribution is -2.38. The van der Waals surface area contributed by atoms with Crippen molar-refractivity contribution in [3.8, 4) is 0 Å². The van der Waals surface area contributed by atoms with E-state index >= 15 is 0 Å². The Morgan fingerprint density at radius 1 is 1.06 bits per heavy atom. The van der Waals surface area contributed by atoms with Crippen LogP contribution < -0.4 is 0 Å². The number of carbonyl (C=O) groups is 2. The molecule has 0 aromatic heterocycles. The average molecular weight is 256 g/mol. The number of carbonyl (C=O) groups excluding carboxylic acids is 2. The molecular weight excluding hydrogens is 232 g/mol. The zero-order chi connectivity index (χ0) is 13.8. The predicted molar refractivity (Wildman–Crippen MR) is 67.9 cm³/mol. The van der Waals surface area contributed by atoms with Crippen LogP contribution in [0.5, 0.6) is 0 Å². The van der Waals surface area contributed by atoms with Gasteiger partial charge in [0.15, 0.2) is 0 Å². The Morgan fingerprint density at radius 2 is 1.56 bits per heavy atom. The van der Waals surface area contributed by atoms with E-state index in [1.54, 1.807) is 6.92 Å². The van der Waals surface area contributed by atoms with E-state index in [0.717, 1.165) is 25.7 Å². The second kappa shape index (κ2) is 6.21. The summed E-state index contributed by atoms with van der Waals surface area (Å²) in [6, 6.07) is 0. The van der Waals surface area contributed by atoms with Gasteiger partial charge in [0.1, 0.15) is 5.60 Å². The first-order valence-corrected chi connectivity index (χ1v) is 6.74. The van der Waals surface area contributed by atoms with Gasteiger partial charge in [-0.05, 0) is 40.5 Å². The molecule has 1 rings (SSSR count). The number of ether oxygens (including phenoxy) is 2. The minimum Gasteiger partial charge on any atom is -0.466 e. The molecule has 0 N–H and O–H groups in total. The molecule has 1 saturated carbocycles. The maximum atomic E-state index is 12.1. The molecule has 1 fully saturated rings. The fourth-order valence-corrected chi connectivity index (χ4v) is 2.32. The minimum atomic E-state index is -0.506. The normalized spacial score (nSPS) is 24.4. The minimum absolute atomic E-state index is 0.256. The van der Waals surface area contributed by atoms with Gasteiger partial charge in [-0.1, -0.05) is 12.8 Å². The van der Waals surface area contributed by atoms with E-state index in [9.17, 15) is 9.59 Å². The lowest BCUT2D eigenvalue weighted by Gasteiger charge is -2.30. The second-order valence-corrected chi connectivity index (χ2v) is 5.78. The summed E-state index contributed by atoms with van der Waals surface area (Å²) in [5, 5.41) is 0. The molecule has 0 saturated heterocycles. The van der Waals surface area contributed by atoms with Gasteiger partial charge >= 0.3 is 11.9 Å². The molecule has 1 aliphatic carbocycles. The van der Waals surface area contributed by atoms with Crippen molar-refractivity contribution in [1.82, 2.24) is 0 Å². The molecule has 4 heteroatoms. The standard InChI is InChI=1S/C14H24O4/c1-5-17-12(15)10-8-6-7-9-11(10)13(16)18-14(2,3)4/h10-11H,5-9H2,1-4H3. The Kier molecular flexibility index (Phi) is 5.17. The van der Waals surface area contributed by atoms with Crippen molar-refractivity contribution in [3.05, 3.63) is 0 Å². The van der Waals surface area contributed by atoms with Gasteiger partial charge in [0, 0.05) is 0 Å². The Bertz CT molecular complexity index is 303. The van der Waals surface area contributed by atoms with Gasteiger partial charge < -0.3 is 9.47 Å². The molecule has 4 nitrogen and oxygen atoms in total. The summed E-state index contributed by atoms with van der Waals surface area (Å²) < 4.78 is 10.4. The quantitative estimate of drug-likeness (QED) is 0.728. The molecular formula is C14H24O4. The van der Waals surface area contributed by atoms with Crippen LogP contribution >= 0.6 is 0 Å². The summed E-state index contributed by atoms with van der Waals surface area (Å²) >= 11 is 0. The topological polar surface area (TPSA) is 52.6 Å². The number of hydrogen-bond acceptors (Lipinski definition) is 4. The zero-order valence-electron chi connectivity index (χ0n) is 11.8. The monoisotopic (exact) mass is 256 g/mol. The molecule has 0 amide bonds. The Hall–Kier alpha value is -1.06. The first kappa shape index (κ1) is 15.0. The van der Waals surface area contributed by atoms with Crippen molar-refractivity contribution >= 4 is 11.9 Å². The smallest absolute Gasteiger partial charge is 0.310 e. The molecule has 104 valence electrons. The van der Waals surface area contributed by atoms with Crippen LogP contribution in [0.3, 0.4) is 0 Å². The summed E-state index contributed by atoms with van der Waals surface area (Å²) in [7, 11) is 0. The zero-order valence-corrected chi connectivity index (χ0v) is 11.8. The van der Waals surface area contributed by atoms with Crippen LogP contribution in [0.4, 0.5) is 0 Å². The van der Waals surface area contributed by atoms with Crippen molar-refractivity contribution in [2.75, 3.05) is 6.61 Å². The van der Waals surface area contributed by atoms with E-state index < -0.39 is 5.60 Å². The molecule has 2 atom stereocenters. The van der Waals surface area contributed by atoms with Crippen molar-refractivity contribution < 1.29 is 19.1 Å². The predicted octanol–water partition coefficient (Wildman–Crippen LogP) is 2.70. The van der Waals surface area contributed by atoms with Crippen molar-refractivity contribution in [3.63, 3.8) is 0 Å². The Balaban J connectivity index is 2.70. The Morgan fingerprint density at radius 3 is 2.00 bits per heavy atom. The molecule has 0 aromatic carbocycles. The van der Waals surface area contributed by atoms with Crippen molar-refractivity contribution in [1.29, 1.82) is 0 Å². The van der Waals surface area contributed by atoms with Crippen LogP contribution in [0.1, 0.15) is 53.4 Å². The summed E-state index contributed by atoms with van der Waals surface area (Å²) in [5.41, 5.74) is -0.506. The van der Waals surface area contributed by atoms with Gasteiger partial charge in [0.25, 0.3) is 0 Å². The third kappa shape index (κ3) is 4.31. The molecule has 0 bridgehead atoms. The Labute approximate surface area is 109 Å². The van der Waals surface area contributed by atoms with E-state index in [1.807, 2.05) is 20.8 Å². The number of esters is 2. The van der Waals surface area contributed by atoms with Gasteiger partial charge in [0.2, 0.25) is 0 Å².